The summed E-state index contributed by atoms with van der Waals surface area (Å²) in [6, 6.07) is 13.4. The van der Waals surface area contributed by atoms with Crippen molar-refractivity contribution in [1.82, 2.24) is 10.6 Å². The average Bonchev–Trinajstić information content (AvgIpc) is 2.59. The first-order valence-electron chi connectivity index (χ1n) is 7.69. The van der Waals surface area contributed by atoms with Gasteiger partial charge in [0.1, 0.15) is 5.75 Å². The second-order valence-electron chi connectivity index (χ2n) is 5.27. The van der Waals surface area contributed by atoms with E-state index in [4.69, 9.17) is 27.9 Å². The molecule has 0 aliphatic carbocycles. The van der Waals surface area contributed by atoms with E-state index in [0.717, 1.165) is 0 Å². The molecule has 7 heteroatoms. The lowest BCUT2D eigenvalue weighted by atomic mass is 10.2. The molecular formula is C18H18Cl2N2O3. The van der Waals surface area contributed by atoms with E-state index in [9.17, 15) is 9.59 Å². The SMILES string of the molecule is CC(Oc1cccc(Cl)c1)C(=O)NCCNC(=O)c1ccc(Cl)cc1. The number of halogens is 2. The molecule has 0 aliphatic rings. The zero-order valence-electron chi connectivity index (χ0n) is 13.6. The van der Waals surface area contributed by atoms with Gasteiger partial charge in [0.2, 0.25) is 0 Å². The van der Waals surface area contributed by atoms with Gasteiger partial charge in [-0.05, 0) is 49.4 Å². The smallest absolute Gasteiger partial charge is 0.260 e. The lowest BCUT2D eigenvalue weighted by Gasteiger charge is -2.15. The number of carbonyl (C=O) groups is 2. The number of carbonyl (C=O) groups excluding carboxylic acids is 2. The summed E-state index contributed by atoms with van der Waals surface area (Å²) in [6.07, 6.45) is -0.676. The van der Waals surface area contributed by atoms with E-state index in [0.29, 0.717) is 34.4 Å². The molecule has 0 aromatic heterocycles. The minimum Gasteiger partial charge on any atom is -0.481 e. The predicted molar refractivity (Wildman–Crippen MR) is 98.3 cm³/mol. The summed E-state index contributed by atoms with van der Waals surface area (Å²) in [4.78, 5) is 23.9. The number of nitrogens with one attached hydrogen (secondary N) is 2. The highest BCUT2D eigenvalue weighted by Crippen LogP contribution is 2.18. The van der Waals surface area contributed by atoms with Crippen LogP contribution in [0.15, 0.2) is 48.5 Å². The number of amides is 2. The molecule has 0 saturated carbocycles. The molecule has 0 fully saturated rings. The Balaban J connectivity index is 1.71. The Bertz CT molecular complexity index is 735. The second-order valence-corrected chi connectivity index (χ2v) is 6.14. The molecule has 2 amide bonds. The van der Waals surface area contributed by atoms with Crippen LogP contribution in [0.25, 0.3) is 0 Å². The Labute approximate surface area is 156 Å². The first-order chi connectivity index (χ1) is 12.0. The van der Waals surface area contributed by atoms with Crippen molar-refractivity contribution in [3.05, 3.63) is 64.1 Å². The zero-order chi connectivity index (χ0) is 18.2. The molecule has 2 aromatic rings. The molecule has 1 atom stereocenters. The molecule has 0 spiro atoms. The largest absolute Gasteiger partial charge is 0.481 e. The van der Waals surface area contributed by atoms with Crippen LogP contribution >= 0.6 is 23.2 Å². The van der Waals surface area contributed by atoms with E-state index >= 15 is 0 Å². The molecule has 0 saturated heterocycles. The topological polar surface area (TPSA) is 67.4 Å². The van der Waals surface area contributed by atoms with Crippen LogP contribution in [0.5, 0.6) is 5.75 Å². The van der Waals surface area contributed by atoms with Crippen molar-refractivity contribution in [2.24, 2.45) is 0 Å². The van der Waals surface area contributed by atoms with E-state index in [1.807, 2.05) is 0 Å². The highest BCUT2D eigenvalue weighted by molar-refractivity contribution is 6.31. The van der Waals surface area contributed by atoms with Crippen molar-refractivity contribution >= 4 is 35.0 Å². The minimum absolute atomic E-state index is 0.228. The first-order valence-corrected chi connectivity index (χ1v) is 8.45. The van der Waals surface area contributed by atoms with E-state index in [-0.39, 0.29) is 11.8 Å². The molecular weight excluding hydrogens is 363 g/mol. The first kappa shape index (κ1) is 19.1. The van der Waals surface area contributed by atoms with Gasteiger partial charge in [-0.25, -0.2) is 0 Å². The van der Waals surface area contributed by atoms with Crippen molar-refractivity contribution < 1.29 is 14.3 Å². The van der Waals surface area contributed by atoms with Gasteiger partial charge in [0.25, 0.3) is 11.8 Å². The molecule has 2 aromatic carbocycles. The molecule has 0 bridgehead atoms. The van der Waals surface area contributed by atoms with Crippen LogP contribution in [-0.4, -0.2) is 31.0 Å². The van der Waals surface area contributed by atoms with Gasteiger partial charge in [0.05, 0.1) is 0 Å². The van der Waals surface area contributed by atoms with E-state index in [1.165, 1.54) is 0 Å². The van der Waals surface area contributed by atoms with Gasteiger partial charge in [0.15, 0.2) is 6.10 Å². The monoisotopic (exact) mass is 380 g/mol. The third-order valence-electron chi connectivity index (χ3n) is 3.29. The molecule has 1 unspecified atom stereocenters. The molecule has 5 nitrogen and oxygen atoms in total. The highest BCUT2D eigenvalue weighted by Gasteiger charge is 2.14. The maximum Gasteiger partial charge on any atom is 0.260 e. The van der Waals surface area contributed by atoms with Crippen LogP contribution in [0.1, 0.15) is 17.3 Å². The summed E-state index contributed by atoms with van der Waals surface area (Å²) in [5.41, 5.74) is 0.508. The van der Waals surface area contributed by atoms with Crippen molar-refractivity contribution in [2.45, 2.75) is 13.0 Å². The standard InChI is InChI=1S/C18H18Cl2N2O3/c1-12(25-16-4-2-3-15(20)11-16)17(23)21-9-10-22-18(24)13-5-7-14(19)8-6-13/h2-8,11-12H,9-10H2,1H3,(H,21,23)(H,22,24). The summed E-state index contributed by atoms with van der Waals surface area (Å²) >= 11 is 11.6. The fourth-order valence-electron chi connectivity index (χ4n) is 2.01. The average molecular weight is 381 g/mol. The van der Waals surface area contributed by atoms with Crippen molar-refractivity contribution in [3.63, 3.8) is 0 Å². The van der Waals surface area contributed by atoms with E-state index < -0.39 is 6.10 Å². The second kappa shape index (κ2) is 9.30. The molecule has 0 heterocycles. The molecule has 25 heavy (non-hydrogen) atoms. The Hall–Kier alpha value is -2.24. The number of hydrogen-bond acceptors (Lipinski definition) is 3. The fraction of sp³-hybridized carbons (Fsp3) is 0.222. The Kier molecular flexibility index (Phi) is 7.10. The summed E-state index contributed by atoms with van der Waals surface area (Å²) in [5.74, 6) is 0.0149. The van der Waals surface area contributed by atoms with Crippen LogP contribution in [0.3, 0.4) is 0 Å². The fourth-order valence-corrected chi connectivity index (χ4v) is 2.31. The van der Waals surface area contributed by atoms with Gasteiger partial charge < -0.3 is 15.4 Å². The van der Waals surface area contributed by atoms with E-state index in [1.54, 1.807) is 55.5 Å². The van der Waals surface area contributed by atoms with Crippen LogP contribution < -0.4 is 15.4 Å². The lowest BCUT2D eigenvalue weighted by molar-refractivity contribution is -0.127. The van der Waals surface area contributed by atoms with Gasteiger partial charge in [-0.1, -0.05) is 29.3 Å². The van der Waals surface area contributed by atoms with E-state index in [2.05, 4.69) is 10.6 Å². The van der Waals surface area contributed by atoms with Gasteiger partial charge in [0, 0.05) is 28.7 Å². The van der Waals surface area contributed by atoms with Crippen molar-refractivity contribution in [1.29, 1.82) is 0 Å². The number of benzene rings is 2. The summed E-state index contributed by atoms with van der Waals surface area (Å²) in [5, 5.41) is 6.52. The van der Waals surface area contributed by atoms with Crippen LogP contribution in [0.2, 0.25) is 10.0 Å². The van der Waals surface area contributed by atoms with Gasteiger partial charge in [-0.2, -0.15) is 0 Å². The number of rotatable bonds is 7. The minimum atomic E-state index is -0.676. The molecule has 0 radical (unpaired) electrons. The van der Waals surface area contributed by atoms with Crippen LogP contribution in [0, 0.1) is 0 Å². The normalized spacial score (nSPS) is 11.5. The summed E-state index contributed by atoms with van der Waals surface area (Å²) < 4.78 is 5.52. The van der Waals surface area contributed by atoms with Crippen LogP contribution in [-0.2, 0) is 4.79 Å². The molecule has 2 N–H and O–H groups in total. The third-order valence-corrected chi connectivity index (χ3v) is 3.78. The maximum absolute atomic E-state index is 12.0. The van der Waals surface area contributed by atoms with Crippen LogP contribution in [0.4, 0.5) is 0 Å². The third kappa shape index (κ3) is 6.29. The Morgan fingerprint density at radius 3 is 2.36 bits per heavy atom. The zero-order valence-corrected chi connectivity index (χ0v) is 15.1. The molecule has 2 rings (SSSR count). The van der Waals surface area contributed by atoms with Gasteiger partial charge in [-0.3, -0.25) is 9.59 Å². The maximum atomic E-state index is 12.0. The quantitative estimate of drug-likeness (QED) is 0.724. The lowest BCUT2D eigenvalue weighted by Crippen LogP contribution is -2.40. The van der Waals surface area contributed by atoms with Gasteiger partial charge >= 0.3 is 0 Å². The number of ether oxygens (including phenoxy) is 1. The van der Waals surface area contributed by atoms with Crippen molar-refractivity contribution in [2.75, 3.05) is 13.1 Å². The Morgan fingerprint density at radius 1 is 1.00 bits per heavy atom. The van der Waals surface area contributed by atoms with Gasteiger partial charge in [-0.15, -0.1) is 0 Å². The molecule has 132 valence electrons. The highest BCUT2D eigenvalue weighted by atomic mass is 35.5. The summed E-state index contributed by atoms with van der Waals surface area (Å²) in [6.45, 7) is 2.24. The summed E-state index contributed by atoms with van der Waals surface area (Å²) in [7, 11) is 0. The van der Waals surface area contributed by atoms with Crippen molar-refractivity contribution in [3.8, 4) is 5.75 Å². The Morgan fingerprint density at radius 2 is 1.68 bits per heavy atom. The number of hydrogen-bond donors (Lipinski definition) is 2. The molecule has 0 aliphatic heterocycles. The predicted octanol–water partition coefficient (Wildman–Crippen LogP) is 3.31.